The van der Waals surface area contributed by atoms with Crippen molar-refractivity contribution in [1.82, 2.24) is 0 Å². The molecule has 4 aliphatic carbocycles. The van der Waals surface area contributed by atoms with E-state index in [1.165, 1.54) is 17.6 Å². The molecule has 0 saturated heterocycles. The minimum atomic E-state index is -0.351. The second kappa shape index (κ2) is 6.97. The van der Waals surface area contributed by atoms with Crippen molar-refractivity contribution in [3.05, 3.63) is 52.1 Å². The highest BCUT2D eigenvalue weighted by Crippen LogP contribution is 2.65. The molecule has 3 fully saturated rings. The molecular formula is C26H33ClO2. The Kier molecular flexibility index (Phi) is 4.77. The van der Waals surface area contributed by atoms with E-state index in [0.717, 1.165) is 49.1 Å². The molecule has 3 heteroatoms. The first kappa shape index (κ1) is 19.8. The van der Waals surface area contributed by atoms with E-state index in [-0.39, 0.29) is 23.0 Å². The molecule has 0 spiro atoms. The van der Waals surface area contributed by atoms with Gasteiger partial charge < -0.3 is 10.2 Å². The van der Waals surface area contributed by atoms with Crippen molar-refractivity contribution in [3.8, 4) is 0 Å². The van der Waals surface area contributed by atoms with Crippen LogP contribution in [0, 0.1) is 28.6 Å². The van der Waals surface area contributed by atoms with Crippen molar-refractivity contribution in [2.75, 3.05) is 0 Å². The maximum absolute atomic E-state index is 11.3. The van der Waals surface area contributed by atoms with Crippen LogP contribution in [0.4, 0.5) is 0 Å². The predicted molar refractivity (Wildman–Crippen MR) is 119 cm³/mol. The van der Waals surface area contributed by atoms with Gasteiger partial charge in [-0.25, -0.2) is 0 Å². The van der Waals surface area contributed by atoms with E-state index in [9.17, 15) is 10.2 Å². The van der Waals surface area contributed by atoms with Crippen molar-refractivity contribution in [2.24, 2.45) is 28.6 Å². The topological polar surface area (TPSA) is 40.5 Å². The Bertz CT molecular complexity index is 856. The Hall–Kier alpha value is -1.09. The van der Waals surface area contributed by atoms with Crippen LogP contribution in [-0.2, 0) is 0 Å². The van der Waals surface area contributed by atoms with Crippen LogP contribution in [0.5, 0.6) is 0 Å². The molecule has 0 radical (unpaired) electrons. The molecule has 29 heavy (non-hydrogen) atoms. The summed E-state index contributed by atoms with van der Waals surface area (Å²) in [5, 5.41) is 22.3. The van der Waals surface area contributed by atoms with Gasteiger partial charge in [-0.15, -0.1) is 0 Å². The van der Waals surface area contributed by atoms with Gasteiger partial charge in [-0.2, -0.15) is 0 Å². The third-order valence-electron chi connectivity index (χ3n) is 9.17. The van der Waals surface area contributed by atoms with Gasteiger partial charge in [0.15, 0.2) is 0 Å². The van der Waals surface area contributed by atoms with Crippen LogP contribution in [0.3, 0.4) is 0 Å². The van der Waals surface area contributed by atoms with Gasteiger partial charge in [0, 0.05) is 10.4 Å². The maximum Gasteiger partial charge on any atom is 0.0809 e. The second-order valence-electron chi connectivity index (χ2n) is 10.6. The Balaban J connectivity index is 1.46. The number of aliphatic hydroxyl groups is 2. The Morgan fingerprint density at radius 1 is 1.00 bits per heavy atom. The van der Waals surface area contributed by atoms with Gasteiger partial charge >= 0.3 is 0 Å². The lowest BCUT2D eigenvalue weighted by Crippen LogP contribution is -2.51. The fourth-order valence-electron chi connectivity index (χ4n) is 7.41. The average Bonchev–Trinajstić information content (AvgIpc) is 2.95. The van der Waals surface area contributed by atoms with Crippen molar-refractivity contribution >= 4 is 17.7 Å². The van der Waals surface area contributed by atoms with Crippen LogP contribution in [0.25, 0.3) is 6.08 Å². The van der Waals surface area contributed by atoms with Gasteiger partial charge in [0.2, 0.25) is 0 Å². The Morgan fingerprint density at radius 2 is 1.76 bits per heavy atom. The zero-order valence-corrected chi connectivity index (χ0v) is 18.3. The molecule has 1 aromatic carbocycles. The van der Waals surface area contributed by atoms with Gasteiger partial charge in [-0.3, -0.25) is 0 Å². The summed E-state index contributed by atoms with van der Waals surface area (Å²) < 4.78 is 0. The van der Waals surface area contributed by atoms with Crippen molar-refractivity contribution in [1.29, 1.82) is 0 Å². The molecule has 0 amide bonds. The smallest absolute Gasteiger partial charge is 0.0809 e. The molecule has 0 aliphatic heterocycles. The lowest BCUT2D eigenvalue weighted by molar-refractivity contribution is -0.0685. The van der Waals surface area contributed by atoms with Crippen LogP contribution >= 0.6 is 11.6 Å². The number of hydrogen-bond donors (Lipinski definition) is 2. The highest BCUT2D eigenvalue weighted by molar-refractivity contribution is 6.30. The molecule has 1 aromatic rings. The first-order valence-corrected chi connectivity index (χ1v) is 11.7. The highest BCUT2D eigenvalue weighted by Gasteiger charge is 2.59. The largest absolute Gasteiger partial charge is 0.393 e. The number of hydrogen-bond acceptors (Lipinski definition) is 2. The fourth-order valence-corrected chi connectivity index (χ4v) is 7.54. The van der Waals surface area contributed by atoms with Gasteiger partial charge in [0.1, 0.15) is 0 Å². The molecule has 2 N–H and O–H groups in total. The molecule has 0 aromatic heterocycles. The van der Waals surface area contributed by atoms with Crippen molar-refractivity contribution in [2.45, 2.75) is 71.0 Å². The summed E-state index contributed by atoms with van der Waals surface area (Å²) in [4.78, 5) is 0. The van der Waals surface area contributed by atoms with Crippen LogP contribution < -0.4 is 0 Å². The Morgan fingerprint density at radius 3 is 2.52 bits per heavy atom. The summed E-state index contributed by atoms with van der Waals surface area (Å²) in [6.45, 7) is 4.79. The number of halogens is 1. The lowest BCUT2D eigenvalue weighted by atomic mass is 9.48. The Labute approximate surface area is 179 Å². The molecule has 0 unspecified atom stereocenters. The van der Waals surface area contributed by atoms with E-state index in [1.54, 1.807) is 0 Å². The second-order valence-corrected chi connectivity index (χ2v) is 11.0. The summed E-state index contributed by atoms with van der Waals surface area (Å²) in [5.41, 5.74) is 4.06. The minimum absolute atomic E-state index is 0.0185. The molecule has 5 rings (SSSR count). The predicted octanol–water partition coefficient (Wildman–Crippen LogP) is 6.02. The van der Waals surface area contributed by atoms with E-state index in [2.05, 4.69) is 26.0 Å². The summed E-state index contributed by atoms with van der Waals surface area (Å²) in [6.07, 6.45) is 11.5. The standard InChI is InChI=1S/C26H33ClO2/c1-25-11-9-20(28)15-18(25)5-8-21-22(25)10-12-26(2)23(21)14-17(24(26)29)13-16-3-6-19(27)7-4-16/h3-7,13,20-24,28-29H,8-12,14-15H2,1-2H3/b17-13+/t20-,21+,22-,23+,24-,25+,26+/m0/s1. The van der Waals surface area contributed by atoms with E-state index in [4.69, 9.17) is 11.6 Å². The molecule has 2 nitrogen and oxygen atoms in total. The van der Waals surface area contributed by atoms with Crippen molar-refractivity contribution < 1.29 is 10.2 Å². The third-order valence-corrected chi connectivity index (χ3v) is 9.42. The molecule has 3 saturated carbocycles. The third kappa shape index (κ3) is 3.06. The summed E-state index contributed by atoms with van der Waals surface area (Å²) >= 11 is 6.04. The molecular weight excluding hydrogens is 380 g/mol. The van der Waals surface area contributed by atoms with E-state index >= 15 is 0 Å². The molecule has 0 heterocycles. The molecule has 4 aliphatic rings. The summed E-state index contributed by atoms with van der Waals surface area (Å²) in [5.74, 6) is 1.87. The van der Waals surface area contributed by atoms with Gasteiger partial charge in [0.05, 0.1) is 12.2 Å². The van der Waals surface area contributed by atoms with Crippen molar-refractivity contribution in [3.63, 3.8) is 0 Å². The highest BCUT2D eigenvalue weighted by atomic mass is 35.5. The molecule has 156 valence electrons. The number of rotatable bonds is 1. The van der Waals surface area contributed by atoms with Crippen LogP contribution in [-0.4, -0.2) is 22.4 Å². The monoisotopic (exact) mass is 412 g/mol. The lowest BCUT2D eigenvalue weighted by Gasteiger charge is -2.57. The SMILES string of the molecule is C[C@@]12CC[C@H]3[C@@H](CC=C4C[C@@H](O)CC[C@]43C)[C@H]1C/C(=C\c1ccc(Cl)cc1)[C@@H]2O. The number of aliphatic hydroxyl groups excluding tert-OH is 2. The molecule has 0 bridgehead atoms. The molecule has 7 atom stereocenters. The number of benzene rings is 1. The van der Waals surface area contributed by atoms with Crippen LogP contribution in [0.1, 0.15) is 64.4 Å². The zero-order chi connectivity index (χ0) is 20.4. The quantitative estimate of drug-likeness (QED) is 0.554. The van der Waals surface area contributed by atoms with E-state index in [1.807, 2.05) is 24.3 Å². The van der Waals surface area contributed by atoms with Gasteiger partial charge in [-0.05, 0) is 91.4 Å². The van der Waals surface area contributed by atoms with Crippen LogP contribution in [0.15, 0.2) is 41.5 Å². The number of fused-ring (bicyclic) bond motifs is 5. The zero-order valence-electron chi connectivity index (χ0n) is 17.6. The van der Waals surface area contributed by atoms with Gasteiger partial charge in [-0.1, -0.05) is 55.3 Å². The van der Waals surface area contributed by atoms with Gasteiger partial charge in [0.25, 0.3) is 0 Å². The first-order chi connectivity index (χ1) is 13.8. The normalized spacial score (nSPS) is 45.3. The fraction of sp³-hybridized carbons (Fsp3) is 0.615. The van der Waals surface area contributed by atoms with E-state index < -0.39 is 0 Å². The average molecular weight is 413 g/mol. The summed E-state index contributed by atoms with van der Waals surface area (Å²) in [6, 6.07) is 7.93. The summed E-state index contributed by atoms with van der Waals surface area (Å²) in [7, 11) is 0. The first-order valence-electron chi connectivity index (χ1n) is 11.3. The van der Waals surface area contributed by atoms with E-state index in [0.29, 0.717) is 17.8 Å². The maximum atomic E-state index is 11.3. The number of allylic oxidation sites excluding steroid dienone is 1. The van der Waals surface area contributed by atoms with Crippen LogP contribution in [0.2, 0.25) is 5.02 Å². The minimum Gasteiger partial charge on any atom is -0.393 e.